The summed E-state index contributed by atoms with van der Waals surface area (Å²) in [6.07, 6.45) is 1.98. The predicted octanol–water partition coefficient (Wildman–Crippen LogP) is 2.19. The molecule has 5 heteroatoms. The number of hydrogen-bond donors (Lipinski definition) is 0. The SMILES string of the molecule is COCCn1c(=NC(=O)C2CC2)sc2ccccc21. The Morgan fingerprint density at radius 2 is 2.26 bits per heavy atom. The van der Waals surface area contributed by atoms with E-state index in [0.717, 1.165) is 34.4 Å². The van der Waals surface area contributed by atoms with Crippen molar-refractivity contribution in [2.75, 3.05) is 13.7 Å². The Hall–Kier alpha value is -1.46. The largest absolute Gasteiger partial charge is 0.383 e. The quantitative estimate of drug-likeness (QED) is 0.859. The van der Waals surface area contributed by atoms with Crippen LogP contribution in [0.4, 0.5) is 0 Å². The summed E-state index contributed by atoms with van der Waals surface area (Å²) in [6, 6.07) is 8.13. The highest BCUT2D eigenvalue weighted by Crippen LogP contribution is 2.30. The first-order chi connectivity index (χ1) is 9.29. The Morgan fingerprint density at radius 1 is 1.47 bits per heavy atom. The molecule has 0 saturated heterocycles. The van der Waals surface area contributed by atoms with E-state index in [2.05, 4.69) is 21.7 Å². The molecular formula is C14H16N2O2S. The van der Waals surface area contributed by atoms with Gasteiger partial charge >= 0.3 is 0 Å². The number of nitrogens with zero attached hydrogens (tertiary/aromatic N) is 2. The molecule has 0 bridgehead atoms. The highest BCUT2D eigenvalue weighted by molar-refractivity contribution is 7.16. The molecule has 0 radical (unpaired) electrons. The highest BCUT2D eigenvalue weighted by Gasteiger charge is 2.29. The molecule has 0 spiro atoms. The van der Waals surface area contributed by atoms with E-state index in [1.165, 1.54) is 0 Å². The van der Waals surface area contributed by atoms with Crippen LogP contribution in [0.5, 0.6) is 0 Å². The molecule has 0 atom stereocenters. The minimum absolute atomic E-state index is 0.0257. The minimum atomic E-state index is 0.0257. The van der Waals surface area contributed by atoms with E-state index in [-0.39, 0.29) is 11.8 Å². The molecule has 19 heavy (non-hydrogen) atoms. The van der Waals surface area contributed by atoms with Crippen molar-refractivity contribution in [2.24, 2.45) is 10.9 Å². The molecule has 0 N–H and O–H groups in total. The smallest absolute Gasteiger partial charge is 0.251 e. The van der Waals surface area contributed by atoms with Crippen LogP contribution in [-0.2, 0) is 16.1 Å². The number of thiazole rings is 1. The van der Waals surface area contributed by atoms with E-state index in [0.29, 0.717) is 6.61 Å². The molecule has 1 aromatic heterocycles. The van der Waals surface area contributed by atoms with Crippen molar-refractivity contribution in [1.82, 2.24) is 4.57 Å². The number of methoxy groups -OCH3 is 1. The third-order valence-electron chi connectivity index (χ3n) is 3.24. The average Bonchev–Trinajstić information content (AvgIpc) is 3.20. The summed E-state index contributed by atoms with van der Waals surface area (Å²) in [7, 11) is 1.68. The topological polar surface area (TPSA) is 43.6 Å². The molecule has 4 nitrogen and oxygen atoms in total. The molecule has 1 aliphatic rings. The number of para-hydroxylation sites is 1. The standard InChI is InChI=1S/C14H16N2O2S/c1-18-9-8-16-11-4-2-3-5-12(11)19-14(16)15-13(17)10-6-7-10/h2-5,10H,6-9H2,1H3. The molecule has 0 aliphatic heterocycles. The van der Waals surface area contributed by atoms with Crippen LogP contribution < -0.4 is 4.80 Å². The van der Waals surface area contributed by atoms with Gasteiger partial charge in [-0.05, 0) is 25.0 Å². The Bertz CT molecular complexity index is 667. The van der Waals surface area contributed by atoms with Gasteiger partial charge in [0.1, 0.15) is 0 Å². The number of fused-ring (bicyclic) bond motifs is 1. The Balaban J connectivity index is 2.08. The van der Waals surface area contributed by atoms with E-state index in [4.69, 9.17) is 4.74 Å². The number of carbonyl (C=O) groups excluding carboxylic acids is 1. The van der Waals surface area contributed by atoms with Crippen LogP contribution in [0.25, 0.3) is 10.2 Å². The fourth-order valence-electron chi connectivity index (χ4n) is 2.02. The lowest BCUT2D eigenvalue weighted by atomic mass is 10.3. The van der Waals surface area contributed by atoms with Gasteiger partial charge in [-0.25, -0.2) is 0 Å². The number of hydrogen-bond acceptors (Lipinski definition) is 3. The van der Waals surface area contributed by atoms with Gasteiger partial charge in [0.25, 0.3) is 5.91 Å². The number of rotatable bonds is 4. The molecule has 1 fully saturated rings. The summed E-state index contributed by atoms with van der Waals surface area (Å²) in [6.45, 7) is 1.34. The van der Waals surface area contributed by atoms with Gasteiger partial charge in [0.15, 0.2) is 4.80 Å². The summed E-state index contributed by atoms with van der Waals surface area (Å²) in [5.74, 6) is 0.193. The van der Waals surface area contributed by atoms with Gasteiger partial charge in [-0.2, -0.15) is 4.99 Å². The summed E-state index contributed by atoms with van der Waals surface area (Å²) in [4.78, 5) is 17.0. The summed E-state index contributed by atoms with van der Waals surface area (Å²) < 4.78 is 8.37. The van der Waals surface area contributed by atoms with Gasteiger partial charge < -0.3 is 9.30 Å². The fourth-order valence-corrected chi connectivity index (χ4v) is 3.08. The van der Waals surface area contributed by atoms with Gasteiger partial charge in [-0.15, -0.1) is 0 Å². The zero-order valence-electron chi connectivity index (χ0n) is 10.8. The number of aromatic nitrogens is 1. The Kier molecular flexibility index (Phi) is 3.48. The normalized spacial score (nSPS) is 16.2. The zero-order chi connectivity index (χ0) is 13.2. The number of benzene rings is 1. The van der Waals surface area contributed by atoms with Crippen molar-refractivity contribution in [3.8, 4) is 0 Å². The summed E-state index contributed by atoms with van der Waals surface area (Å²) in [5, 5.41) is 0. The zero-order valence-corrected chi connectivity index (χ0v) is 11.7. The number of ether oxygens (including phenoxy) is 1. The maximum Gasteiger partial charge on any atom is 0.251 e. The van der Waals surface area contributed by atoms with Crippen LogP contribution in [0.15, 0.2) is 29.3 Å². The molecule has 100 valence electrons. The Labute approximate surface area is 115 Å². The van der Waals surface area contributed by atoms with Crippen molar-refractivity contribution < 1.29 is 9.53 Å². The van der Waals surface area contributed by atoms with Crippen LogP contribution >= 0.6 is 11.3 Å². The molecule has 1 saturated carbocycles. The van der Waals surface area contributed by atoms with Crippen LogP contribution in [0.3, 0.4) is 0 Å². The second-order valence-corrected chi connectivity index (χ2v) is 5.73. The van der Waals surface area contributed by atoms with E-state index < -0.39 is 0 Å². The third kappa shape index (κ3) is 2.62. The van der Waals surface area contributed by atoms with Crippen LogP contribution in [0.1, 0.15) is 12.8 Å². The first-order valence-corrected chi connectivity index (χ1v) is 7.27. The molecule has 1 heterocycles. The molecular weight excluding hydrogens is 260 g/mol. The van der Waals surface area contributed by atoms with Crippen molar-refractivity contribution in [1.29, 1.82) is 0 Å². The van der Waals surface area contributed by atoms with Crippen LogP contribution in [0.2, 0.25) is 0 Å². The van der Waals surface area contributed by atoms with Crippen LogP contribution in [0, 0.1) is 5.92 Å². The van der Waals surface area contributed by atoms with Gasteiger partial charge in [-0.3, -0.25) is 4.79 Å². The lowest BCUT2D eigenvalue weighted by molar-refractivity contribution is -0.119. The molecule has 1 amide bonds. The first-order valence-electron chi connectivity index (χ1n) is 6.45. The monoisotopic (exact) mass is 276 g/mol. The van der Waals surface area contributed by atoms with E-state index in [9.17, 15) is 4.79 Å². The number of carbonyl (C=O) groups is 1. The summed E-state index contributed by atoms with van der Waals surface area (Å²) >= 11 is 1.57. The average molecular weight is 276 g/mol. The van der Waals surface area contributed by atoms with Crippen molar-refractivity contribution in [3.05, 3.63) is 29.1 Å². The van der Waals surface area contributed by atoms with Crippen molar-refractivity contribution in [2.45, 2.75) is 19.4 Å². The minimum Gasteiger partial charge on any atom is -0.383 e. The van der Waals surface area contributed by atoms with Gasteiger partial charge in [0.05, 0.1) is 16.8 Å². The molecule has 1 aromatic carbocycles. The second kappa shape index (κ2) is 5.27. The molecule has 1 aliphatic carbocycles. The second-order valence-electron chi connectivity index (χ2n) is 4.72. The van der Waals surface area contributed by atoms with E-state index >= 15 is 0 Å². The van der Waals surface area contributed by atoms with Gasteiger partial charge in [0, 0.05) is 19.6 Å². The Morgan fingerprint density at radius 3 is 3.00 bits per heavy atom. The summed E-state index contributed by atoms with van der Waals surface area (Å²) in [5.41, 5.74) is 1.12. The van der Waals surface area contributed by atoms with Crippen LogP contribution in [-0.4, -0.2) is 24.2 Å². The maximum atomic E-state index is 11.9. The van der Waals surface area contributed by atoms with Crippen molar-refractivity contribution in [3.63, 3.8) is 0 Å². The molecule has 3 rings (SSSR count). The molecule has 2 aromatic rings. The van der Waals surface area contributed by atoms with Crippen molar-refractivity contribution >= 4 is 27.5 Å². The lowest BCUT2D eigenvalue weighted by Crippen LogP contribution is -2.19. The third-order valence-corrected chi connectivity index (χ3v) is 4.30. The maximum absolute atomic E-state index is 11.9. The van der Waals surface area contributed by atoms with Gasteiger partial charge in [0.2, 0.25) is 0 Å². The van der Waals surface area contributed by atoms with E-state index in [1.54, 1.807) is 18.4 Å². The van der Waals surface area contributed by atoms with E-state index in [1.807, 2.05) is 12.1 Å². The predicted molar refractivity (Wildman–Crippen MR) is 75.0 cm³/mol. The van der Waals surface area contributed by atoms with Gasteiger partial charge in [-0.1, -0.05) is 23.5 Å². The lowest BCUT2D eigenvalue weighted by Gasteiger charge is -2.03. The number of amides is 1. The highest BCUT2D eigenvalue weighted by atomic mass is 32.1. The first kappa shape index (κ1) is 12.6. The fraction of sp³-hybridized carbons (Fsp3) is 0.429. The molecule has 0 unspecified atom stereocenters.